The highest BCUT2D eigenvalue weighted by molar-refractivity contribution is 6.11. The third kappa shape index (κ3) is 2.22. The molecular weight excluding hydrogens is 236 g/mol. The topological polar surface area (TPSA) is 44.9 Å². The average Bonchev–Trinajstić information content (AvgIpc) is 2.86. The number of fused-ring (bicyclic) bond motifs is 1. The van der Waals surface area contributed by atoms with Gasteiger partial charge in [-0.2, -0.15) is 0 Å². The van der Waals surface area contributed by atoms with Crippen LogP contribution in [0.25, 0.3) is 10.9 Å². The number of H-pyrrole nitrogens is 1. The minimum absolute atomic E-state index is 0.0985. The lowest BCUT2D eigenvalue weighted by Crippen LogP contribution is -2.12. The van der Waals surface area contributed by atoms with E-state index in [0.717, 1.165) is 22.2 Å². The van der Waals surface area contributed by atoms with Crippen molar-refractivity contribution in [2.45, 2.75) is 6.92 Å². The van der Waals surface area contributed by atoms with Crippen molar-refractivity contribution < 1.29 is 4.79 Å². The van der Waals surface area contributed by atoms with Crippen molar-refractivity contribution in [3.8, 4) is 0 Å². The molecule has 0 atom stereocenters. The minimum Gasteiger partial charge on any atom is -0.361 e. The molecule has 0 bridgehead atoms. The fourth-order valence-electron chi connectivity index (χ4n) is 2.20. The van der Waals surface area contributed by atoms with Crippen LogP contribution in [-0.2, 0) is 0 Å². The van der Waals surface area contributed by atoms with Crippen LogP contribution in [0.5, 0.6) is 0 Å². The zero-order chi connectivity index (χ0) is 13.2. The number of para-hydroxylation sites is 1. The Morgan fingerprint density at radius 2 is 1.95 bits per heavy atom. The van der Waals surface area contributed by atoms with Crippen LogP contribution in [0.1, 0.15) is 15.9 Å². The highest BCUT2D eigenvalue weighted by Gasteiger charge is 2.10. The van der Waals surface area contributed by atoms with Crippen molar-refractivity contribution in [1.82, 2.24) is 4.98 Å². The van der Waals surface area contributed by atoms with Gasteiger partial charge in [0, 0.05) is 17.3 Å². The van der Waals surface area contributed by atoms with Crippen molar-refractivity contribution in [2.24, 2.45) is 0 Å². The number of carbonyl (C=O) groups is 1. The monoisotopic (exact) mass is 250 g/mol. The second-order valence-corrected chi connectivity index (χ2v) is 4.57. The first-order valence-electron chi connectivity index (χ1n) is 6.18. The van der Waals surface area contributed by atoms with Crippen LogP contribution >= 0.6 is 0 Å². The van der Waals surface area contributed by atoms with Crippen molar-refractivity contribution in [1.29, 1.82) is 0 Å². The molecule has 0 aliphatic carbocycles. The number of carbonyl (C=O) groups excluding carboxylic acids is 1. The molecule has 0 radical (unpaired) electrons. The van der Waals surface area contributed by atoms with Crippen LogP contribution in [0.15, 0.2) is 54.7 Å². The number of benzene rings is 2. The summed E-state index contributed by atoms with van der Waals surface area (Å²) in [6.07, 6.45) is 1.84. The lowest BCUT2D eigenvalue weighted by atomic mass is 10.1. The van der Waals surface area contributed by atoms with Crippen molar-refractivity contribution >= 4 is 22.5 Å². The molecule has 0 saturated carbocycles. The molecule has 1 heterocycles. The van der Waals surface area contributed by atoms with E-state index in [1.54, 1.807) is 0 Å². The van der Waals surface area contributed by atoms with Gasteiger partial charge < -0.3 is 10.3 Å². The van der Waals surface area contributed by atoms with Crippen molar-refractivity contribution in [3.63, 3.8) is 0 Å². The highest BCUT2D eigenvalue weighted by atomic mass is 16.1. The number of hydrogen-bond donors (Lipinski definition) is 2. The largest absolute Gasteiger partial charge is 0.361 e. The van der Waals surface area contributed by atoms with Gasteiger partial charge in [0.15, 0.2) is 0 Å². The molecule has 3 nitrogen and oxygen atoms in total. The standard InChI is InChI=1S/C16H14N2O/c1-11-4-2-6-13(10-11)18-16(19)14-7-3-5-12-8-9-17-15(12)14/h2-10,17H,1H3,(H,18,19). The summed E-state index contributed by atoms with van der Waals surface area (Å²) in [5.74, 6) is -0.0985. The third-order valence-electron chi connectivity index (χ3n) is 3.11. The Hall–Kier alpha value is -2.55. The molecule has 2 aromatic carbocycles. The molecule has 94 valence electrons. The number of rotatable bonds is 2. The van der Waals surface area contributed by atoms with Crippen LogP contribution in [0.4, 0.5) is 5.69 Å². The van der Waals surface area contributed by atoms with Crippen LogP contribution in [-0.4, -0.2) is 10.9 Å². The molecule has 0 aliphatic rings. The van der Waals surface area contributed by atoms with Crippen LogP contribution < -0.4 is 5.32 Å². The maximum atomic E-state index is 12.3. The predicted molar refractivity (Wildman–Crippen MR) is 77.4 cm³/mol. The van der Waals surface area contributed by atoms with Gasteiger partial charge in [0.2, 0.25) is 0 Å². The number of amides is 1. The van der Waals surface area contributed by atoms with E-state index < -0.39 is 0 Å². The maximum absolute atomic E-state index is 12.3. The summed E-state index contributed by atoms with van der Waals surface area (Å²) in [4.78, 5) is 15.4. The number of aromatic nitrogens is 1. The summed E-state index contributed by atoms with van der Waals surface area (Å²) in [6.45, 7) is 2.00. The first-order chi connectivity index (χ1) is 9.24. The fraction of sp³-hybridized carbons (Fsp3) is 0.0625. The van der Waals surface area contributed by atoms with Gasteiger partial charge in [0.25, 0.3) is 5.91 Å². The molecule has 3 aromatic rings. The molecule has 1 amide bonds. The Morgan fingerprint density at radius 3 is 2.79 bits per heavy atom. The average molecular weight is 250 g/mol. The molecule has 0 saturated heterocycles. The normalized spacial score (nSPS) is 10.6. The number of nitrogens with one attached hydrogen (secondary N) is 2. The van der Waals surface area contributed by atoms with E-state index in [1.807, 2.05) is 61.7 Å². The summed E-state index contributed by atoms with van der Waals surface area (Å²) in [5, 5.41) is 3.96. The van der Waals surface area contributed by atoms with Gasteiger partial charge in [-0.1, -0.05) is 24.3 Å². The number of aromatic amines is 1. The van der Waals surface area contributed by atoms with Gasteiger partial charge in [0.1, 0.15) is 0 Å². The molecule has 2 N–H and O–H groups in total. The van der Waals surface area contributed by atoms with Crippen LogP contribution in [0.2, 0.25) is 0 Å². The molecule has 0 fully saturated rings. The van der Waals surface area contributed by atoms with Gasteiger partial charge in [-0.05, 0) is 36.8 Å². The Bertz CT molecular complexity index is 743. The summed E-state index contributed by atoms with van der Waals surface area (Å²) >= 11 is 0. The van der Waals surface area contributed by atoms with Gasteiger partial charge in [-0.3, -0.25) is 4.79 Å². The second-order valence-electron chi connectivity index (χ2n) is 4.57. The molecule has 1 aromatic heterocycles. The lowest BCUT2D eigenvalue weighted by Gasteiger charge is -2.07. The highest BCUT2D eigenvalue weighted by Crippen LogP contribution is 2.18. The third-order valence-corrected chi connectivity index (χ3v) is 3.11. The van der Waals surface area contributed by atoms with Gasteiger partial charge in [-0.25, -0.2) is 0 Å². The zero-order valence-electron chi connectivity index (χ0n) is 10.6. The van der Waals surface area contributed by atoms with Gasteiger partial charge in [-0.15, -0.1) is 0 Å². The minimum atomic E-state index is -0.0985. The van der Waals surface area contributed by atoms with E-state index in [-0.39, 0.29) is 5.91 Å². The van der Waals surface area contributed by atoms with E-state index in [1.165, 1.54) is 0 Å². The Balaban J connectivity index is 1.94. The van der Waals surface area contributed by atoms with Gasteiger partial charge in [0.05, 0.1) is 11.1 Å². The first kappa shape index (κ1) is 11.5. The summed E-state index contributed by atoms with van der Waals surface area (Å²) in [5.41, 5.74) is 3.46. The summed E-state index contributed by atoms with van der Waals surface area (Å²) < 4.78 is 0. The Morgan fingerprint density at radius 1 is 1.11 bits per heavy atom. The molecule has 3 heteroatoms. The van der Waals surface area contributed by atoms with E-state index in [2.05, 4.69) is 10.3 Å². The van der Waals surface area contributed by atoms with Crippen LogP contribution in [0.3, 0.4) is 0 Å². The van der Waals surface area contributed by atoms with E-state index in [4.69, 9.17) is 0 Å². The number of anilines is 1. The number of hydrogen-bond acceptors (Lipinski definition) is 1. The molecule has 0 unspecified atom stereocenters. The molecule has 19 heavy (non-hydrogen) atoms. The summed E-state index contributed by atoms with van der Waals surface area (Å²) in [6, 6.07) is 15.4. The van der Waals surface area contributed by atoms with Crippen LogP contribution in [0, 0.1) is 6.92 Å². The van der Waals surface area contributed by atoms with E-state index >= 15 is 0 Å². The second kappa shape index (κ2) is 4.61. The fourth-order valence-corrected chi connectivity index (χ4v) is 2.20. The van der Waals surface area contributed by atoms with Crippen molar-refractivity contribution in [3.05, 3.63) is 65.9 Å². The van der Waals surface area contributed by atoms with Gasteiger partial charge >= 0.3 is 0 Å². The molecule has 3 rings (SSSR count). The Kier molecular flexibility index (Phi) is 2.80. The quantitative estimate of drug-likeness (QED) is 0.715. The van der Waals surface area contributed by atoms with Crippen molar-refractivity contribution in [2.75, 3.05) is 5.32 Å². The van der Waals surface area contributed by atoms with E-state index in [0.29, 0.717) is 5.56 Å². The Labute approximate surface area is 111 Å². The molecule has 0 aliphatic heterocycles. The molecule has 0 spiro atoms. The zero-order valence-corrected chi connectivity index (χ0v) is 10.6. The smallest absolute Gasteiger partial charge is 0.257 e. The lowest BCUT2D eigenvalue weighted by molar-refractivity contribution is 0.102. The first-order valence-corrected chi connectivity index (χ1v) is 6.18. The number of aryl methyl sites for hydroxylation is 1. The predicted octanol–water partition coefficient (Wildman–Crippen LogP) is 3.73. The summed E-state index contributed by atoms with van der Waals surface area (Å²) in [7, 11) is 0. The van der Waals surface area contributed by atoms with E-state index in [9.17, 15) is 4.79 Å². The molecular formula is C16H14N2O. The SMILES string of the molecule is Cc1cccc(NC(=O)c2cccc3cc[nH]c23)c1. The maximum Gasteiger partial charge on any atom is 0.257 e.